The Bertz CT molecular complexity index is 939. The fourth-order valence-corrected chi connectivity index (χ4v) is 2.85. The highest BCUT2D eigenvalue weighted by atomic mass is 16.6. The number of benzene rings is 2. The predicted octanol–water partition coefficient (Wildman–Crippen LogP) is 2.90. The maximum atomic E-state index is 12.4. The van der Waals surface area contributed by atoms with Crippen molar-refractivity contribution in [3.8, 4) is 5.75 Å². The Labute approximate surface area is 160 Å². The van der Waals surface area contributed by atoms with Crippen molar-refractivity contribution in [1.29, 1.82) is 0 Å². The molecule has 1 saturated heterocycles. The van der Waals surface area contributed by atoms with E-state index in [9.17, 15) is 24.5 Å². The molecule has 3 rings (SSSR count). The minimum absolute atomic E-state index is 0.0347. The lowest BCUT2D eigenvalue weighted by Crippen LogP contribution is -2.28. The van der Waals surface area contributed by atoms with Gasteiger partial charge in [0.25, 0.3) is 11.6 Å². The Balaban J connectivity index is 1.79. The summed E-state index contributed by atoms with van der Waals surface area (Å²) in [6.45, 7) is 2.12. The smallest absolute Gasteiger partial charge is 0.296 e. The minimum Gasteiger partial charge on any atom is -0.494 e. The summed E-state index contributed by atoms with van der Waals surface area (Å²) in [6, 6.07) is 10.0. The average Bonchev–Trinajstić information content (AvgIpc) is 3.01. The van der Waals surface area contributed by atoms with Crippen molar-refractivity contribution in [3.63, 3.8) is 0 Å². The molecule has 0 unspecified atom stereocenters. The van der Waals surface area contributed by atoms with Crippen molar-refractivity contribution in [1.82, 2.24) is 0 Å². The van der Waals surface area contributed by atoms with Gasteiger partial charge >= 0.3 is 0 Å². The van der Waals surface area contributed by atoms with Crippen LogP contribution in [0.3, 0.4) is 0 Å². The lowest BCUT2D eigenvalue weighted by molar-refractivity contribution is -0.384. The summed E-state index contributed by atoms with van der Waals surface area (Å²) in [7, 11) is 0. The molecule has 1 aliphatic rings. The minimum atomic E-state index is -0.605. The second-order valence-electron chi connectivity index (χ2n) is 5.99. The normalized spacial score (nSPS) is 13.5. The Morgan fingerprint density at radius 1 is 1.14 bits per heavy atom. The van der Waals surface area contributed by atoms with Crippen LogP contribution in [0.15, 0.2) is 42.5 Å². The molecule has 0 spiro atoms. The summed E-state index contributed by atoms with van der Waals surface area (Å²) < 4.78 is 5.24. The number of rotatable bonds is 6. The molecule has 9 heteroatoms. The van der Waals surface area contributed by atoms with Gasteiger partial charge in [0.1, 0.15) is 11.4 Å². The van der Waals surface area contributed by atoms with E-state index in [2.05, 4.69) is 5.32 Å². The number of amides is 3. The Hall–Kier alpha value is -3.75. The number of carbonyl (C=O) groups excluding carboxylic acids is 3. The van der Waals surface area contributed by atoms with Gasteiger partial charge in [0, 0.05) is 18.4 Å². The maximum absolute atomic E-state index is 12.4. The molecule has 144 valence electrons. The van der Waals surface area contributed by atoms with Crippen molar-refractivity contribution in [2.75, 3.05) is 16.8 Å². The van der Waals surface area contributed by atoms with E-state index in [1.807, 2.05) is 0 Å². The molecule has 0 bridgehead atoms. The summed E-state index contributed by atoms with van der Waals surface area (Å²) in [5.41, 5.74) is 0.360. The molecule has 0 radical (unpaired) electrons. The third-order valence-electron chi connectivity index (χ3n) is 4.16. The van der Waals surface area contributed by atoms with Crippen LogP contribution in [0, 0.1) is 10.1 Å². The largest absolute Gasteiger partial charge is 0.494 e. The van der Waals surface area contributed by atoms with Crippen molar-refractivity contribution in [3.05, 3.63) is 58.1 Å². The number of hydrogen-bond donors (Lipinski definition) is 1. The van der Waals surface area contributed by atoms with Crippen LogP contribution >= 0.6 is 0 Å². The van der Waals surface area contributed by atoms with Crippen LogP contribution in [0.5, 0.6) is 5.75 Å². The van der Waals surface area contributed by atoms with E-state index < -0.39 is 10.8 Å². The van der Waals surface area contributed by atoms with Gasteiger partial charge in [-0.05, 0) is 43.3 Å². The first-order chi connectivity index (χ1) is 13.4. The molecule has 2 aromatic rings. The second-order valence-corrected chi connectivity index (χ2v) is 5.99. The number of carbonyl (C=O) groups is 3. The van der Waals surface area contributed by atoms with Gasteiger partial charge in [-0.15, -0.1) is 0 Å². The first kappa shape index (κ1) is 19.0. The van der Waals surface area contributed by atoms with Crippen LogP contribution in [-0.2, 0) is 9.59 Å². The molecule has 1 aliphatic heterocycles. The first-order valence-electron chi connectivity index (χ1n) is 8.59. The van der Waals surface area contributed by atoms with E-state index in [0.29, 0.717) is 18.0 Å². The lowest BCUT2D eigenvalue weighted by Gasteiger charge is -2.14. The molecule has 9 nitrogen and oxygen atoms in total. The molecular formula is C19H17N3O6. The summed E-state index contributed by atoms with van der Waals surface area (Å²) in [5.74, 6) is -0.797. The highest BCUT2D eigenvalue weighted by Crippen LogP contribution is 2.30. The monoisotopic (exact) mass is 383 g/mol. The molecule has 1 fully saturated rings. The fraction of sp³-hybridized carbons (Fsp3) is 0.211. The molecule has 0 aliphatic carbocycles. The van der Waals surface area contributed by atoms with Crippen molar-refractivity contribution >= 4 is 34.8 Å². The quantitative estimate of drug-likeness (QED) is 0.465. The zero-order chi connectivity index (χ0) is 20.3. The Morgan fingerprint density at radius 2 is 1.79 bits per heavy atom. The highest BCUT2D eigenvalue weighted by Gasteiger charge is 2.30. The van der Waals surface area contributed by atoms with Crippen molar-refractivity contribution < 1.29 is 24.0 Å². The zero-order valence-corrected chi connectivity index (χ0v) is 15.0. The summed E-state index contributed by atoms with van der Waals surface area (Å²) in [4.78, 5) is 47.7. The summed E-state index contributed by atoms with van der Waals surface area (Å²) in [5, 5.41) is 13.8. The predicted molar refractivity (Wildman–Crippen MR) is 100 cm³/mol. The third kappa shape index (κ3) is 3.83. The van der Waals surface area contributed by atoms with E-state index in [4.69, 9.17) is 4.74 Å². The number of anilines is 2. The molecule has 0 atom stereocenters. The SMILES string of the molecule is CCOc1ccc(NC(=O)c2ccc(N3C(=O)CCC3=O)cc2)c([N+](=O)[O-])c1. The van der Waals surface area contributed by atoms with Crippen LogP contribution in [0.1, 0.15) is 30.1 Å². The molecule has 1 heterocycles. The molecular weight excluding hydrogens is 366 g/mol. The number of ether oxygens (including phenoxy) is 1. The zero-order valence-electron chi connectivity index (χ0n) is 15.0. The molecule has 3 amide bonds. The van der Waals surface area contributed by atoms with Crippen molar-refractivity contribution in [2.24, 2.45) is 0 Å². The van der Waals surface area contributed by atoms with E-state index in [1.54, 1.807) is 6.92 Å². The number of nitro benzene ring substituents is 1. The van der Waals surface area contributed by atoms with Gasteiger partial charge in [0.2, 0.25) is 11.8 Å². The van der Waals surface area contributed by atoms with Crippen LogP contribution < -0.4 is 15.0 Å². The highest BCUT2D eigenvalue weighted by molar-refractivity contribution is 6.20. The van der Waals surface area contributed by atoms with E-state index >= 15 is 0 Å². The Kier molecular flexibility index (Phi) is 5.35. The first-order valence-corrected chi connectivity index (χ1v) is 8.59. The Morgan fingerprint density at radius 3 is 2.36 bits per heavy atom. The number of nitro groups is 1. The summed E-state index contributed by atoms with van der Waals surface area (Å²) in [6.07, 6.45) is 0.338. The third-order valence-corrected chi connectivity index (χ3v) is 4.16. The molecule has 0 saturated carbocycles. The van der Waals surface area contributed by atoms with Gasteiger partial charge in [-0.1, -0.05) is 0 Å². The number of nitrogens with one attached hydrogen (secondary N) is 1. The fourth-order valence-electron chi connectivity index (χ4n) is 2.85. The van der Waals surface area contributed by atoms with E-state index in [1.165, 1.54) is 42.5 Å². The molecule has 1 N–H and O–H groups in total. The van der Waals surface area contributed by atoms with Gasteiger partial charge < -0.3 is 10.1 Å². The van der Waals surface area contributed by atoms with Crippen LogP contribution in [-0.4, -0.2) is 29.3 Å². The van der Waals surface area contributed by atoms with Crippen LogP contribution in [0.25, 0.3) is 0 Å². The number of imide groups is 1. The van der Waals surface area contributed by atoms with Gasteiger partial charge in [-0.25, -0.2) is 0 Å². The van der Waals surface area contributed by atoms with Crippen LogP contribution in [0.2, 0.25) is 0 Å². The van der Waals surface area contributed by atoms with Gasteiger partial charge in [-0.2, -0.15) is 0 Å². The van der Waals surface area contributed by atoms with Crippen LogP contribution in [0.4, 0.5) is 17.1 Å². The molecule has 28 heavy (non-hydrogen) atoms. The molecule has 0 aromatic heterocycles. The van der Waals surface area contributed by atoms with Gasteiger partial charge in [0.05, 0.1) is 23.3 Å². The average molecular weight is 383 g/mol. The molecule has 2 aromatic carbocycles. The van der Waals surface area contributed by atoms with E-state index in [-0.39, 0.29) is 41.6 Å². The van der Waals surface area contributed by atoms with Gasteiger partial charge in [-0.3, -0.25) is 29.4 Å². The second kappa shape index (κ2) is 7.87. The maximum Gasteiger partial charge on any atom is 0.296 e. The standard InChI is InChI=1S/C19H17N3O6/c1-2-28-14-7-8-15(16(11-14)22(26)27)20-19(25)12-3-5-13(6-4-12)21-17(23)9-10-18(21)24/h3-8,11H,2,9-10H2,1H3,(H,20,25). The lowest BCUT2D eigenvalue weighted by atomic mass is 10.1. The topological polar surface area (TPSA) is 119 Å². The number of hydrogen-bond acceptors (Lipinski definition) is 6. The van der Waals surface area contributed by atoms with Crippen molar-refractivity contribution in [2.45, 2.75) is 19.8 Å². The number of nitrogens with zero attached hydrogens (tertiary/aromatic N) is 2. The summed E-state index contributed by atoms with van der Waals surface area (Å²) >= 11 is 0. The van der Waals surface area contributed by atoms with Gasteiger partial charge in [0.15, 0.2) is 0 Å². The van der Waals surface area contributed by atoms with E-state index in [0.717, 1.165) is 4.90 Å².